The number of pyridine rings is 1. The van der Waals surface area contributed by atoms with Crippen LogP contribution in [0.15, 0.2) is 42.6 Å². The first-order chi connectivity index (χ1) is 13.1. The van der Waals surface area contributed by atoms with Gasteiger partial charge in [-0.05, 0) is 45.9 Å². The van der Waals surface area contributed by atoms with Gasteiger partial charge in [0, 0.05) is 24.4 Å². The van der Waals surface area contributed by atoms with Crippen molar-refractivity contribution in [3.63, 3.8) is 0 Å². The van der Waals surface area contributed by atoms with Crippen molar-refractivity contribution in [1.29, 1.82) is 0 Å². The summed E-state index contributed by atoms with van der Waals surface area (Å²) in [6, 6.07) is 8.32. The van der Waals surface area contributed by atoms with Gasteiger partial charge in [-0.25, -0.2) is 14.2 Å². The van der Waals surface area contributed by atoms with Crippen molar-refractivity contribution >= 4 is 12.0 Å². The van der Waals surface area contributed by atoms with Gasteiger partial charge >= 0.3 is 6.09 Å². The zero-order valence-electron chi connectivity index (χ0n) is 16.3. The van der Waals surface area contributed by atoms with Crippen LogP contribution in [-0.2, 0) is 16.1 Å². The Morgan fingerprint density at radius 3 is 2.64 bits per heavy atom. The van der Waals surface area contributed by atoms with Crippen molar-refractivity contribution in [2.75, 3.05) is 0 Å². The van der Waals surface area contributed by atoms with Gasteiger partial charge in [0.1, 0.15) is 23.2 Å². The summed E-state index contributed by atoms with van der Waals surface area (Å²) in [4.78, 5) is 28.1. The molecule has 2 rings (SSSR count). The van der Waals surface area contributed by atoms with E-state index in [1.807, 2.05) is 0 Å². The molecule has 0 aliphatic rings. The van der Waals surface area contributed by atoms with Gasteiger partial charge in [-0.2, -0.15) is 0 Å². The SMILES string of the molecule is CC(NC(=O)OC(C)(C)C)C(=O)NCc1cccnc1Oc1cccc(F)c1. The quantitative estimate of drug-likeness (QED) is 0.789. The fourth-order valence-electron chi connectivity index (χ4n) is 2.18. The Kier molecular flexibility index (Phi) is 6.92. The third kappa shape index (κ3) is 6.86. The van der Waals surface area contributed by atoms with Gasteiger partial charge in [0.15, 0.2) is 0 Å². The van der Waals surface area contributed by atoms with E-state index in [2.05, 4.69) is 15.6 Å². The highest BCUT2D eigenvalue weighted by molar-refractivity contribution is 5.85. The number of halogens is 1. The second kappa shape index (κ2) is 9.16. The molecule has 0 aliphatic carbocycles. The van der Waals surface area contributed by atoms with Crippen molar-refractivity contribution in [2.45, 2.75) is 45.9 Å². The van der Waals surface area contributed by atoms with Crippen LogP contribution in [0.2, 0.25) is 0 Å². The van der Waals surface area contributed by atoms with Crippen LogP contribution in [0.4, 0.5) is 9.18 Å². The first kappa shape index (κ1) is 21.1. The van der Waals surface area contributed by atoms with E-state index in [0.29, 0.717) is 11.3 Å². The van der Waals surface area contributed by atoms with E-state index >= 15 is 0 Å². The smallest absolute Gasteiger partial charge is 0.408 e. The number of amides is 2. The van der Waals surface area contributed by atoms with Gasteiger partial charge < -0.3 is 20.1 Å². The number of alkyl carbamates (subject to hydrolysis) is 1. The van der Waals surface area contributed by atoms with Crippen LogP contribution < -0.4 is 15.4 Å². The molecule has 0 radical (unpaired) electrons. The molecule has 1 unspecified atom stereocenters. The minimum absolute atomic E-state index is 0.123. The van der Waals surface area contributed by atoms with Crippen molar-refractivity contribution in [3.05, 3.63) is 54.0 Å². The number of nitrogens with zero attached hydrogens (tertiary/aromatic N) is 1. The number of ether oxygens (including phenoxy) is 2. The molecule has 1 heterocycles. The van der Waals surface area contributed by atoms with Crippen molar-refractivity contribution in [1.82, 2.24) is 15.6 Å². The number of hydrogen-bond donors (Lipinski definition) is 2. The molecule has 2 aromatic rings. The van der Waals surface area contributed by atoms with E-state index in [1.54, 1.807) is 45.9 Å². The molecule has 0 fully saturated rings. The van der Waals surface area contributed by atoms with Crippen molar-refractivity contribution < 1.29 is 23.5 Å². The van der Waals surface area contributed by atoms with E-state index in [0.717, 1.165) is 0 Å². The lowest BCUT2D eigenvalue weighted by Crippen LogP contribution is -2.46. The second-order valence-corrected chi connectivity index (χ2v) is 7.11. The Bertz CT molecular complexity index is 836. The average Bonchev–Trinajstić information content (AvgIpc) is 2.59. The first-order valence-corrected chi connectivity index (χ1v) is 8.78. The third-order valence-electron chi connectivity index (χ3n) is 3.44. The summed E-state index contributed by atoms with van der Waals surface area (Å²) in [7, 11) is 0. The number of carbonyl (C=O) groups excluding carboxylic acids is 2. The fraction of sp³-hybridized carbons (Fsp3) is 0.350. The zero-order valence-corrected chi connectivity index (χ0v) is 16.3. The van der Waals surface area contributed by atoms with E-state index in [9.17, 15) is 14.0 Å². The fourth-order valence-corrected chi connectivity index (χ4v) is 2.18. The maximum Gasteiger partial charge on any atom is 0.408 e. The van der Waals surface area contributed by atoms with Crippen LogP contribution in [0.3, 0.4) is 0 Å². The van der Waals surface area contributed by atoms with Gasteiger partial charge in [0.2, 0.25) is 11.8 Å². The topological polar surface area (TPSA) is 89.5 Å². The molecule has 8 heteroatoms. The molecule has 0 aliphatic heterocycles. The maximum absolute atomic E-state index is 13.3. The molecule has 1 atom stereocenters. The Hall–Kier alpha value is -3.16. The Morgan fingerprint density at radius 1 is 1.21 bits per heavy atom. The summed E-state index contributed by atoms with van der Waals surface area (Å²) in [6.45, 7) is 6.88. The molecule has 0 bridgehead atoms. The van der Waals surface area contributed by atoms with Gasteiger partial charge in [-0.15, -0.1) is 0 Å². The zero-order chi connectivity index (χ0) is 20.7. The van der Waals surface area contributed by atoms with Gasteiger partial charge in [-0.3, -0.25) is 4.79 Å². The molecule has 1 aromatic heterocycles. The summed E-state index contributed by atoms with van der Waals surface area (Å²) in [5.74, 6) is -0.274. The van der Waals surface area contributed by atoms with Crippen LogP contribution in [0, 0.1) is 5.82 Å². The van der Waals surface area contributed by atoms with Crippen LogP contribution in [0.25, 0.3) is 0 Å². The van der Waals surface area contributed by atoms with Crippen molar-refractivity contribution in [2.24, 2.45) is 0 Å². The van der Waals surface area contributed by atoms with Crippen LogP contribution in [0.5, 0.6) is 11.6 Å². The molecule has 150 valence electrons. The van der Waals surface area contributed by atoms with Gasteiger partial charge in [-0.1, -0.05) is 12.1 Å². The van der Waals surface area contributed by atoms with Crippen LogP contribution in [-0.4, -0.2) is 28.6 Å². The summed E-state index contributed by atoms with van der Waals surface area (Å²) in [5.41, 5.74) is -0.0522. The molecule has 0 spiro atoms. The maximum atomic E-state index is 13.3. The minimum atomic E-state index is -0.792. The normalized spacial score (nSPS) is 12.0. The Balaban J connectivity index is 1.95. The molecule has 2 amide bonds. The molecule has 7 nitrogen and oxygen atoms in total. The number of aromatic nitrogens is 1. The highest BCUT2D eigenvalue weighted by Crippen LogP contribution is 2.23. The minimum Gasteiger partial charge on any atom is -0.444 e. The van der Waals surface area contributed by atoms with Crippen LogP contribution >= 0.6 is 0 Å². The lowest BCUT2D eigenvalue weighted by atomic mass is 10.2. The number of nitrogens with one attached hydrogen (secondary N) is 2. The average molecular weight is 389 g/mol. The van der Waals surface area contributed by atoms with E-state index in [1.165, 1.54) is 24.4 Å². The highest BCUT2D eigenvalue weighted by atomic mass is 19.1. The second-order valence-electron chi connectivity index (χ2n) is 7.11. The molecule has 0 saturated heterocycles. The predicted molar refractivity (Wildman–Crippen MR) is 101 cm³/mol. The van der Waals surface area contributed by atoms with Crippen molar-refractivity contribution in [3.8, 4) is 11.6 Å². The van der Waals surface area contributed by atoms with Gasteiger partial charge in [0.05, 0.1) is 0 Å². The molecule has 1 aromatic carbocycles. The van der Waals surface area contributed by atoms with E-state index < -0.39 is 29.5 Å². The van der Waals surface area contributed by atoms with Crippen LogP contribution in [0.1, 0.15) is 33.3 Å². The molecule has 2 N–H and O–H groups in total. The summed E-state index contributed by atoms with van der Waals surface area (Å²) >= 11 is 0. The largest absolute Gasteiger partial charge is 0.444 e. The van der Waals surface area contributed by atoms with E-state index in [4.69, 9.17) is 9.47 Å². The standard InChI is InChI=1S/C20H24FN3O4/c1-13(24-19(26)28-20(2,3)4)17(25)23-12-14-7-6-10-22-18(14)27-16-9-5-8-15(21)11-16/h5-11,13H,12H2,1-4H3,(H,23,25)(H,24,26). The predicted octanol–water partition coefficient (Wildman–Crippen LogP) is 3.54. The Labute approximate surface area is 163 Å². The lowest BCUT2D eigenvalue weighted by Gasteiger charge is -2.21. The first-order valence-electron chi connectivity index (χ1n) is 8.78. The molecular formula is C20H24FN3O4. The summed E-state index contributed by atoms with van der Waals surface area (Å²) < 4.78 is 24.1. The Morgan fingerprint density at radius 2 is 1.96 bits per heavy atom. The summed E-state index contributed by atoms with van der Waals surface area (Å²) in [5, 5.41) is 5.17. The third-order valence-corrected chi connectivity index (χ3v) is 3.44. The number of carbonyl (C=O) groups is 2. The number of rotatable bonds is 6. The summed E-state index contributed by atoms with van der Waals surface area (Å²) in [6.07, 6.45) is 0.860. The lowest BCUT2D eigenvalue weighted by molar-refractivity contribution is -0.122. The van der Waals surface area contributed by atoms with Gasteiger partial charge in [0.25, 0.3) is 0 Å². The molecular weight excluding hydrogens is 365 g/mol. The number of benzene rings is 1. The molecule has 0 saturated carbocycles. The monoisotopic (exact) mass is 389 g/mol. The molecule has 28 heavy (non-hydrogen) atoms. The van der Waals surface area contributed by atoms with E-state index in [-0.39, 0.29) is 12.4 Å². The highest BCUT2D eigenvalue weighted by Gasteiger charge is 2.21. The number of hydrogen-bond acceptors (Lipinski definition) is 5.